The predicted molar refractivity (Wildman–Crippen MR) is 49.2 cm³/mol. The summed E-state index contributed by atoms with van der Waals surface area (Å²) in [7, 11) is 0. The van der Waals surface area contributed by atoms with Gasteiger partial charge in [-0.2, -0.15) is 0 Å². The lowest BCUT2D eigenvalue weighted by atomic mass is 10.1. The number of carbonyl (C=O) groups is 3. The Labute approximate surface area is 89.1 Å². The number of ketones is 1. The molecular weight excluding hydrogens is 216 g/mol. The van der Waals surface area contributed by atoms with Crippen molar-refractivity contribution >= 4 is 17.7 Å². The van der Waals surface area contributed by atoms with Crippen LogP contribution in [-0.4, -0.2) is 27.9 Å². The number of rotatable bonds is 0. The topological polar surface area (TPSA) is 101 Å². The van der Waals surface area contributed by atoms with Crippen LogP contribution in [0.3, 0.4) is 0 Å². The van der Waals surface area contributed by atoms with Crippen molar-refractivity contribution < 1.29 is 29.3 Å². The van der Waals surface area contributed by atoms with E-state index in [1.807, 2.05) is 0 Å². The minimum Gasteiger partial charge on any atom is -0.515 e. The number of aliphatic hydroxyl groups is 2. The van der Waals surface area contributed by atoms with Crippen molar-refractivity contribution in [2.45, 2.75) is 6.42 Å². The van der Waals surface area contributed by atoms with Crippen LogP contribution in [-0.2, 0) is 19.1 Å². The minimum atomic E-state index is -1.03. The summed E-state index contributed by atoms with van der Waals surface area (Å²) in [5.41, 5.74) is -0.779. The van der Waals surface area contributed by atoms with Crippen LogP contribution in [0.25, 0.3) is 0 Å². The quantitative estimate of drug-likeness (QED) is 0.345. The Morgan fingerprint density at radius 3 is 2.56 bits per heavy atom. The van der Waals surface area contributed by atoms with Gasteiger partial charge < -0.3 is 14.9 Å². The zero-order valence-corrected chi connectivity index (χ0v) is 7.89. The monoisotopic (exact) mass is 222 g/mol. The number of fused-ring (bicyclic) bond motifs is 1. The van der Waals surface area contributed by atoms with E-state index in [1.165, 1.54) is 0 Å². The lowest BCUT2D eigenvalue weighted by molar-refractivity contribution is -0.150. The van der Waals surface area contributed by atoms with Crippen LogP contribution >= 0.6 is 0 Å². The third kappa shape index (κ3) is 1.31. The molecule has 0 bridgehead atoms. The first-order valence-electron chi connectivity index (χ1n) is 4.33. The Bertz CT molecular complexity index is 505. The van der Waals surface area contributed by atoms with Gasteiger partial charge >= 0.3 is 11.9 Å². The molecule has 0 aromatic heterocycles. The van der Waals surface area contributed by atoms with Gasteiger partial charge in [0.2, 0.25) is 0 Å². The van der Waals surface area contributed by atoms with Gasteiger partial charge in [0.15, 0.2) is 5.78 Å². The molecule has 2 rings (SSSR count). The Morgan fingerprint density at radius 2 is 1.94 bits per heavy atom. The van der Waals surface area contributed by atoms with Crippen molar-refractivity contribution in [2.24, 2.45) is 0 Å². The normalized spacial score (nSPS) is 23.1. The van der Waals surface area contributed by atoms with Crippen molar-refractivity contribution in [2.75, 3.05) is 0 Å². The number of aliphatic hydroxyl groups excluding tert-OH is 2. The molecule has 0 saturated carbocycles. The van der Waals surface area contributed by atoms with Crippen molar-refractivity contribution in [3.8, 4) is 0 Å². The largest absolute Gasteiger partial charge is 0.515 e. The van der Waals surface area contributed by atoms with E-state index in [-0.39, 0.29) is 23.1 Å². The number of hydrogen-bond acceptors (Lipinski definition) is 6. The van der Waals surface area contributed by atoms with Crippen LogP contribution in [0.15, 0.2) is 34.8 Å². The molecule has 0 aromatic rings. The molecule has 1 fully saturated rings. The highest BCUT2D eigenvalue weighted by molar-refractivity contribution is 6.21. The molecule has 0 atom stereocenters. The summed E-state index contributed by atoms with van der Waals surface area (Å²) in [5, 5.41) is 18.4. The van der Waals surface area contributed by atoms with Crippen LogP contribution in [0, 0.1) is 0 Å². The number of ether oxygens (including phenoxy) is 1. The Hall–Kier alpha value is -2.37. The van der Waals surface area contributed by atoms with E-state index in [2.05, 4.69) is 4.74 Å². The van der Waals surface area contributed by atoms with Crippen LogP contribution in [0.5, 0.6) is 0 Å². The van der Waals surface area contributed by atoms with Crippen LogP contribution < -0.4 is 0 Å². The molecule has 1 aliphatic heterocycles. The highest BCUT2D eigenvalue weighted by atomic mass is 16.6. The molecule has 6 heteroatoms. The molecule has 0 aromatic carbocycles. The van der Waals surface area contributed by atoms with Crippen molar-refractivity contribution in [3.05, 3.63) is 34.8 Å². The number of esters is 2. The van der Waals surface area contributed by atoms with Crippen molar-refractivity contribution in [1.82, 2.24) is 0 Å². The second-order valence-electron chi connectivity index (χ2n) is 3.26. The van der Waals surface area contributed by atoms with Gasteiger partial charge in [-0.25, -0.2) is 9.59 Å². The fourth-order valence-electron chi connectivity index (χ4n) is 1.51. The molecule has 6 nitrogen and oxygen atoms in total. The summed E-state index contributed by atoms with van der Waals surface area (Å²) in [6, 6.07) is 0. The Kier molecular flexibility index (Phi) is 2.12. The molecule has 0 radical (unpaired) electrons. The van der Waals surface area contributed by atoms with Gasteiger partial charge in [0.1, 0.15) is 11.3 Å². The van der Waals surface area contributed by atoms with Gasteiger partial charge in [0.05, 0.1) is 11.8 Å². The summed E-state index contributed by atoms with van der Waals surface area (Å²) in [6.45, 7) is 0. The molecule has 1 heterocycles. The smallest absolute Gasteiger partial charge is 0.350 e. The minimum absolute atomic E-state index is 0.127. The van der Waals surface area contributed by atoms with Crippen molar-refractivity contribution in [1.29, 1.82) is 0 Å². The van der Waals surface area contributed by atoms with Crippen LogP contribution in [0.1, 0.15) is 6.42 Å². The second kappa shape index (κ2) is 3.34. The molecule has 1 saturated heterocycles. The third-order valence-electron chi connectivity index (χ3n) is 2.25. The fourth-order valence-corrected chi connectivity index (χ4v) is 1.51. The summed E-state index contributed by atoms with van der Waals surface area (Å²) in [4.78, 5) is 33.7. The first-order valence-corrected chi connectivity index (χ1v) is 4.33. The summed E-state index contributed by atoms with van der Waals surface area (Å²) in [5.74, 6) is -3.11. The molecule has 16 heavy (non-hydrogen) atoms. The van der Waals surface area contributed by atoms with E-state index in [0.717, 1.165) is 6.08 Å². The zero-order valence-electron chi connectivity index (χ0n) is 7.89. The van der Waals surface area contributed by atoms with E-state index < -0.39 is 23.5 Å². The molecule has 0 spiro atoms. The molecular formula is C10H6O6. The predicted octanol–water partition coefficient (Wildman–Crippen LogP) is 0.223. The molecule has 0 unspecified atom stereocenters. The van der Waals surface area contributed by atoms with Gasteiger partial charge in [-0.1, -0.05) is 0 Å². The van der Waals surface area contributed by atoms with E-state index in [1.54, 1.807) is 0 Å². The van der Waals surface area contributed by atoms with Gasteiger partial charge in [-0.15, -0.1) is 0 Å². The Morgan fingerprint density at radius 1 is 1.25 bits per heavy atom. The van der Waals surface area contributed by atoms with E-state index in [9.17, 15) is 19.5 Å². The summed E-state index contributed by atoms with van der Waals surface area (Å²) < 4.78 is 4.25. The van der Waals surface area contributed by atoms with Gasteiger partial charge in [-0.05, 0) is 6.08 Å². The first kappa shape index (κ1) is 10.2. The van der Waals surface area contributed by atoms with Gasteiger partial charge in [-0.3, -0.25) is 4.79 Å². The number of hydrogen-bond donors (Lipinski definition) is 2. The van der Waals surface area contributed by atoms with Gasteiger partial charge in [0, 0.05) is 12.0 Å². The first-order chi connectivity index (χ1) is 7.54. The van der Waals surface area contributed by atoms with E-state index in [0.29, 0.717) is 6.26 Å². The fraction of sp³-hybridized carbons (Fsp3) is 0.100. The highest BCUT2D eigenvalue weighted by Gasteiger charge is 2.39. The van der Waals surface area contributed by atoms with Crippen molar-refractivity contribution in [3.63, 3.8) is 0 Å². The van der Waals surface area contributed by atoms with Crippen LogP contribution in [0.2, 0.25) is 0 Å². The molecule has 2 N–H and O–H groups in total. The zero-order chi connectivity index (χ0) is 11.9. The second-order valence-corrected chi connectivity index (χ2v) is 3.26. The van der Waals surface area contributed by atoms with Crippen LogP contribution in [0.4, 0.5) is 0 Å². The third-order valence-corrected chi connectivity index (χ3v) is 2.25. The maximum atomic E-state index is 11.3. The SMILES string of the molecule is O=C1C=C2C(=O)OC(=O)C2=C(O)C(=CO)C1. The standard InChI is InChI=1S/C10H6O6/c11-3-4-1-5(12)2-6-7(8(4)13)10(15)16-9(6)14/h2-3,11,13H,1H2. The maximum absolute atomic E-state index is 11.3. The Balaban J connectivity index is 2.69. The van der Waals surface area contributed by atoms with E-state index in [4.69, 9.17) is 5.11 Å². The molecule has 1 aliphatic carbocycles. The highest BCUT2D eigenvalue weighted by Crippen LogP contribution is 2.31. The lowest BCUT2D eigenvalue weighted by Gasteiger charge is -2.01. The number of allylic oxidation sites excluding steroid dienone is 2. The average Bonchev–Trinajstić information content (AvgIpc) is 2.42. The average molecular weight is 222 g/mol. The number of cyclic esters (lactones) is 2. The van der Waals surface area contributed by atoms with Gasteiger partial charge in [0.25, 0.3) is 0 Å². The molecule has 82 valence electrons. The summed E-state index contributed by atoms with van der Waals surface area (Å²) in [6.07, 6.45) is 1.16. The molecule has 2 aliphatic rings. The van der Waals surface area contributed by atoms with E-state index >= 15 is 0 Å². The number of carbonyl (C=O) groups excluding carboxylic acids is 3. The maximum Gasteiger partial charge on any atom is 0.350 e. The lowest BCUT2D eigenvalue weighted by Crippen LogP contribution is -2.03. The summed E-state index contributed by atoms with van der Waals surface area (Å²) >= 11 is 0. The molecule has 0 amide bonds.